The monoisotopic (exact) mass is 388 g/mol. The first-order valence-corrected chi connectivity index (χ1v) is 9.64. The number of H-pyrrole nitrogens is 1. The highest BCUT2D eigenvalue weighted by molar-refractivity contribution is 7.89. The van der Waals surface area contributed by atoms with E-state index in [1.54, 1.807) is 37.4 Å². The maximum atomic E-state index is 12.5. The lowest BCUT2D eigenvalue weighted by Gasteiger charge is -2.07. The molecule has 3 rings (SSSR count). The third kappa shape index (κ3) is 3.95. The van der Waals surface area contributed by atoms with Crippen molar-refractivity contribution < 1.29 is 8.42 Å². The lowest BCUT2D eigenvalue weighted by Crippen LogP contribution is -2.19. The van der Waals surface area contributed by atoms with Crippen molar-refractivity contribution in [3.63, 3.8) is 0 Å². The number of halogens is 1. The molecular weight excluding hydrogens is 372 g/mol. The van der Waals surface area contributed by atoms with E-state index in [4.69, 9.17) is 11.6 Å². The van der Waals surface area contributed by atoms with Crippen molar-refractivity contribution in [2.24, 2.45) is 5.10 Å². The van der Waals surface area contributed by atoms with Crippen LogP contribution in [0.5, 0.6) is 0 Å². The van der Waals surface area contributed by atoms with E-state index in [1.807, 2.05) is 25.1 Å². The highest BCUT2D eigenvalue weighted by atomic mass is 35.5. The summed E-state index contributed by atoms with van der Waals surface area (Å²) in [6, 6.07) is 12.5. The van der Waals surface area contributed by atoms with Crippen LogP contribution in [0.3, 0.4) is 0 Å². The van der Waals surface area contributed by atoms with E-state index >= 15 is 0 Å². The van der Waals surface area contributed by atoms with Crippen molar-refractivity contribution in [3.8, 4) is 11.3 Å². The van der Waals surface area contributed by atoms with Gasteiger partial charge in [-0.3, -0.25) is 5.10 Å². The number of aryl methyl sites for hydroxylation is 2. The molecule has 0 atom stereocenters. The van der Waals surface area contributed by atoms with Gasteiger partial charge >= 0.3 is 0 Å². The molecule has 2 N–H and O–H groups in total. The highest BCUT2D eigenvalue weighted by Crippen LogP contribution is 2.22. The van der Waals surface area contributed by atoms with E-state index in [2.05, 4.69) is 20.1 Å². The number of rotatable bonds is 5. The Kier molecular flexibility index (Phi) is 5.11. The van der Waals surface area contributed by atoms with Crippen LogP contribution in [0.25, 0.3) is 11.3 Å². The molecule has 3 aromatic rings. The molecule has 0 aliphatic carbocycles. The topological polar surface area (TPSA) is 87.2 Å². The van der Waals surface area contributed by atoms with Crippen molar-refractivity contribution in [2.75, 3.05) is 0 Å². The average Bonchev–Trinajstić information content (AvgIpc) is 3.06. The van der Waals surface area contributed by atoms with Crippen LogP contribution in [0.4, 0.5) is 0 Å². The molecule has 26 heavy (non-hydrogen) atoms. The molecule has 0 unspecified atom stereocenters. The summed E-state index contributed by atoms with van der Waals surface area (Å²) in [6.07, 6.45) is 2.98. The Labute approximate surface area is 157 Å². The third-order valence-electron chi connectivity index (χ3n) is 3.81. The quantitative estimate of drug-likeness (QED) is 0.516. The van der Waals surface area contributed by atoms with Gasteiger partial charge in [0, 0.05) is 16.1 Å². The minimum Gasteiger partial charge on any atom is -0.277 e. The maximum absolute atomic E-state index is 12.5. The lowest BCUT2D eigenvalue weighted by molar-refractivity contribution is 0.584. The molecule has 0 saturated carbocycles. The second-order valence-corrected chi connectivity index (χ2v) is 7.89. The van der Waals surface area contributed by atoms with Crippen LogP contribution in [0.2, 0.25) is 5.02 Å². The van der Waals surface area contributed by atoms with Gasteiger partial charge < -0.3 is 0 Å². The van der Waals surface area contributed by atoms with E-state index in [0.717, 1.165) is 16.8 Å². The predicted molar refractivity (Wildman–Crippen MR) is 103 cm³/mol. The highest BCUT2D eigenvalue weighted by Gasteiger charge is 2.16. The van der Waals surface area contributed by atoms with Crippen LogP contribution in [0.1, 0.15) is 16.7 Å². The van der Waals surface area contributed by atoms with Gasteiger partial charge in [-0.25, -0.2) is 4.83 Å². The van der Waals surface area contributed by atoms with Crippen molar-refractivity contribution in [2.45, 2.75) is 18.7 Å². The van der Waals surface area contributed by atoms with Gasteiger partial charge in [-0.1, -0.05) is 35.9 Å². The Morgan fingerprint density at radius 2 is 1.88 bits per heavy atom. The van der Waals surface area contributed by atoms with Gasteiger partial charge in [0.25, 0.3) is 10.0 Å². The minimum absolute atomic E-state index is 0.208. The zero-order valence-electron chi connectivity index (χ0n) is 14.2. The summed E-state index contributed by atoms with van der Waals surface area (Å²) >= 11 is 5.90. The summed E-state index contributed by atoms with van der Waals surface area (Å²) in [6.45, 7) is 3.58. The van der Waals surface area contributed by atoms with Crippen molar-refractivity contribution in [1.29, 1.82) is 0 Å². The van der Waals surface area contributed by atoms with Gasteiger partial charge in [-0.2, -0.15) is 18.6 Å². The third-order valence-corrected chi connectivity index (χ3v) is 5.43. The summed E-state index contributed by atoms with van der Waals surface area (Å²) in [7, 11) is -3.75. The number of sulfonamides is 1. The fraction of sp³-hybridized carbons (Fsp3) is 0.111. The first-order chi connectivity index (χ1) is 12.4. The number of aromatic nitrogens is 2. The molecule has 0 saturated heterocycles. The van der Waals surface area contributed by atoms with E-state index < -0.39 is 10.0 Å². The fourth-order valence-electron chi connectivity index (χ4n) is 2.45. The number of hydrogen-bond donors (Lipinski definition) is 2. The Balaban J connectivity index is 1.82. The largest absolute Gasteiger partial charge is 0.277 e. The zero-order valence-corrected chi connectivity index (χ0v) is 15.8. The first-order valence-electron chi connectivity index (χ1n) is 7.78. The van der Waals surface area contributed by atoms with Gasteiger partial charge in [0.2, 0.25) is 0 Å². The molecule has 1 aromatic heterocycles. The Hall–Kier alpha value is -2.64. The van der Waals surface area contributed by atoms with E-state index in [1.165, 1.54) is 6.21 Å². The maximum Gasteiger partial charge on any atom is 0.276 e. The minimum atomic E-state index is -3.75. The molecule has 134 valence electrons. The normalized spacial score (nSPS) is 11.8. The summed E-state index contributed by atoms with van der Waals surface area (Å²) in [5.74, 6) is 0. The Morgan fingerprint density at radius 1 is 1.15 bits per heavy atom. The predicted octanol–water partition coefficient (Wildman–Crippen LogP) is 3.66. The number of benzene rings is 2. The number of nitrogens with one attached hydrogen (secondary N) is 2. The van der Waals surface area contributed by atoms with Gasteiger partial charge in [0.15, 0.2) is 0 Å². The van der Waals surface area contributed by atoms with Crippen molar-refractivity contribution >= 4 is 27.8 Å². The van der Waals surface area contributed by atoms with Crippen LogP contribution in [0.15, 0.2) is 58.7 Å². The molecule has 2 aromatic carbocycles. The van der Waals surface area contributed by atoms with E-state index in [-0.39, 0.29) is 4.90 Å². The summed E-state index contributed by atoms with van der Waals surface area (Å²) in [5, 5.41) is 11.4. The van der Waals surface area contributed by atoms with Crippen LogP contribution < -0.4 is 4.83 Å². The molecule has 0 bridgehead atoms. The molecule has 0 aliphatic heterocycles. The Morgan fingerprint density at radius 3 is 2.62 bits per heavy atom. The number of nitrogens with zero attached hydrogens (tertiary/aromatic N) is 2. The summed E-state index contributed by atoms with van der Waals surface area (Å²) < 4.78 is 24.9. The molecule has 0 aliphatic rings. The number of aromatic amines is 1. The molecular formula is C18H17ClN4O2S. The molecule has 1 heterocycles. The van der Waals surface area contributed by atoms with Gasteiger partial charge in [-0.05, 0) is 43.2 Å². The van der Waals surface area contributed by atoms with Gasteiger partial charge in [0.05, 0.1) is 23.0 Å². The second-order valence-electron chi connectivity index (χ2n) is 5.83. The van der Waals surface area contributed by atoms with E-state index in [9.17, 15) is 8.42 Å². The average molecular weight is 389 g/mol. The zero-order chi connectivity index (χ0) is 18.7. The fourth-order valence-corrected chi connectivity index (χ4v) is 3.70. The second kappa shape index (κ2) is 7.31. The lowest BCUT2D eigenvalue weighted by atomic mass is 10.1. The number of hydrazone groups is 1. The molecule has 0 radical (unpaired) electrons. The molecule has 0 spiro atoms. The molecule has 8 heteroatoms. The molecule has 0 amide bonds. The smallest absolute Gasteiger partial charge is 0.276 e. The van der Waals surface area contributed by atoms with E-state index in [0.29, 0.717) is 16.1 Å². The summed E-state index contributed by atoms with van der Waals surface area (Å²) in [5.41, 5.74) is 3.75. The molecule has 6 nitrogen and oxygen atoms in total. The van der Waals surface area contributed by atoms with Gasteiger partial charge in [-0.15, -0.1) is 0 Å². The van der Waals surface area contributed by atoms with Crippen molar-refractivity contribution in [1.82, 2.24) is 15.0 Å². The first kappa shape index (κ1) is 18.2. The summed E-state index contributed by atoms with van der Waals surface area (Å²) in [4.78, 5) is 2.46. The van der Waals surface area contributed by atoms with Crippen LogP contribution >= 0.6 is 11.6 Å². The number of hydrogen-bond acceptors (Lipinski definition) is 4. The standard InChI is InChI=1S/C18H17ClN4O2S/c1-12-3-4-13(2)17(9-12)26(24,25)23-21-11-15-10-20-22-18(15)14-5-7-16(19)8-6-14/h3-11,23H,1-2H3,(H,20,22)/b21-11+. The van der Waals surface area contributed by atoms with Gasteiger partial charge in [0.1, 0.15) is 0 Å². The van der Waals surface area contributed by atoms with Crippen LogP contribution in [-0.2, 0) is 10.0 Å². The Bertz CT molecular complexity index is 1060. The van der Waals surface area contributed by atoms with Crippen LogP contribution in [0, 0.1) is 13.8 Å². The van der Waals surface area contributed by atoms with Crippen molar-refractivity contribution in [3.05, 3.63) is 70.4 Å². The molecule has 0 fully saturated rings. The van der Waals surface area contributed by atoms with Crippen LogP contribution in [-0.4, -0.2) is 24.8 Å². The SMILES string of the molecule is Cc1ccc(C)c(S(=O)(=O)N/N=C/c2cn[nH]c2-c2ccc(Cl)cc2)c1.